The van der Waals surface area contributed by atoms with E-state index in [2.05, 4.69) is 5.32 Å². The van der Waals surface area contributed by atoms with Gasteiger partial charge in [-0.15, -0.1) is 0 Å². The SMILES string of the molecule is CC(C)CN([C@H](CO)CCCCNC(=O)N(Cc1cccc(F)c1)C1CCCCC1)S(=O)(=O)c1ccc(N)cc1. The number of nitrogens with one attached hydrogen (secondary N) is 1. The first-order valence-electron chi connectivity index (χ1n) is 14.4. The second kappa shape index (κ2) is 15.3. The van der Waals surface area contributed by atoms with Crippen LogP contribution in [0.4, 0.5) is 14.9 Å². The van der Waals surface area contributed by atoms with Gasteiger partial charge in [-0.05, 0) is 73.6 Å². The summed E-state index contributed by atoms with van der Waals surface area (Å²) in [4.78, 5) is 15.2. The highest BCUT2D eigenvalue weighted by Gasteiger charge is 2.31. The summed E-state index contributed by atoms with van der Waals surface area (Å²) in [7, 11) is -3.82. The topological polar surface area (TPSA) is 116 Å². The number of carbonyl (C=O) groups excluding carboxylic acids is 1. The Hall–Kier alpha value is -2.69. The summed E-state index contributed by atoms with van der Waals surface area (Å²) in [6.07, 6.45) is 6.92. The molecule has 3 rings (SSSR count). The number of aliphatic hydroxyl groups is 1. The molecule has 0 aliphatic heterocycles. The van der Waals surface area contributed by atoms with Gasteiger partial charge < -0.3 is 21.1 Å². The molecule has 0 saturated heterocycles. The number of sulfonamides is 1. The second-order valence-corrected chi connectivity index (χ2v) is 13.0. The van der Waals surface area contributed by atoms with Crippen molar-refractivity contribution in [2.45, 2.75) is 88.7 Å². The molecule has 1 atom stereocenters. The third-order valence-electron chi connectivity index (χ3n) is 7.41. The lowest BCUT2D eigenvalue weighted by Crippen LogP contribution is -2.46. The first-order chi connectivity index (χ1) is 19.1. The molecule has 0 spiro atoms. The molecule has 1 saturated carbocycles. The molecular weight excluding hydrogens is 531 g/mol. The Labute approximate surface area is 238 Å². The van der Waals surface area contributed by atoms with Crippen LogP contribution in [0.3, 0.4) is 0 Å². The van der Waals surface area contributed by atoms with Crippen LogP contribution in [-0.4, -0.2) is 60.5 Å². The number of rotatable bonds is 14. The Kier molecular flexibility index (Phi) is 12.2. The normalized spacial score (nSPS) is 15.3. The van der Waals surface area contributed by atoms with Gasteiger partial charge in [0.1, 0.15) is 5.82 Å². The third kappa shape index (κ3) is 9.17. The van der Waals surface area contributed by atoms with E-state index >= 15 is 0 Å². The number of hydrogen-bond donors (Lipinski definition) is 3. The first kappa shape index (κ1) is 31.8. The number of amides is 2. The van der Waals surface area contributed by atoms with Crippen LogP contribution in [0.2, 0.25) is 0 Å². The lowest BCUT2D eigenvalue weighted by molar-refractivity contribution is 0.150. The summed E-state index contributed by atoms with van der Waals surface area (Å²) < 4.78 is 42.1. The van der Waals surface area contributed by atoms with E-state index in [0.717, 1.165) is 31.2 Å². The molecule has 0 heterocycles. The van der Waals surface area contributed by atoms with Crippen LogP contribution in [0.25, 0.3) is 0 Å². The van der Waals surface area contributed by atoms with Gasteiger partial charge in [-0.3, -0.25) is 0 Å². The van der Waals surface area contributed by atoms with Gasteiger partial charge in [0, 0.05) is 37.4 Å². The number of carbonyl (C=O) groups is 1. The maximum atomic E-state index is 13.8. The minimum Gasteiger partial charge on any atom is -0.399 e. The minimum absolute atomic E-state index is 0.0701. The molecule has 2 aromatic carbocycles. The van der Waals surface area contributed by atoms with E-state index in [4.69, 9.17) is 5.73 Å². The minimum atomic E-state index is -3.82. The van der Waals surface area contributed by atoms with Crippen molar-refractivity contribution in [1.82, 2.24) is 14.5 Å². The molecule has 40 heavy (non-hydrogen) atoms. The van der Waals surface area contributed by atoms with Crippen molar-refractivity contribution >= 4 is 21.7 Å². The molecule has 1 fully saturated rings. The zero-order valence-electron chi connectivity index (χ0n) is 23.8. The van der Waals surface area contributed by atoms with Crippen LogP contribution >= 0.6 is 0 Å². The maximum absolute atomic E-state index is 13.8. The molecule has 0 unspecified atom stereocenters. The summed E-state index contributed by atoms with van der Waals surface area (Å²) in [6, 6.07) is 11.8. The Morgan fingerprint density at radius 3 is 2.42 bits per heavy atom. The fourth-order valence-corrected chi connectivity index (χ4v) is 7.11. The monoisotopic (exact) mass is 576 g/mol. The number of nitrogens with zero attached hydrogens (tertiary/aromatic N) is 2. The quantitative estimate of drug-likeness (QED) is 0.213. The predicted molar refractivity (Wildman–Crippen MR) is 157 cm³/mol. The molecule has 4 N–H and O–H groups in total. The summed E-state index contributed by atoms with van der Waals surface area (Å²) in [5.41, 5.74) is 6.98. The highest BCUT2D eigenvalue weighted by molar-refractivity contribution is 7.89. The molecule has 0 radical (unpaired) electrons. The van der Waals surface area contributed by atoms with Crippen molar-refractivity contribution in [2.24, 2.45) is 5.92 Å². The number of nitrogen functional groups attached to an aromatic ring is 1. The van der Waals surface area contributed by atoms with E-state index in [1.165, 1.54) is 35.0 Å². The highest BCUT2D eigenvalue weighted by Crippen LogP contribution is 2.25. The number of unbranched alkanes of at least 4 members (excludes halogenated alkanes) is 1. The zero-order chi connectivity index (χ0) is 29.1. The molecule has 0 bridgehead atoms. The van der Waals surface area contributed by atoms with Crippen LogP contribution in [0.1, 0.15) is 70.8 Å². The highest BCUT2D eigenvalue weighted by atomic mass is 32.2. The largest absolute Gasteiger partial charge is 0.399 e. The summed E-state index contributed by atoms with van der Waals surface area (Å²) in [5.74, 6) is -0.245. The van der Waals surface area contributed by atoms with E-state index < -0.39 is 16.1 Å². The molecule has 2 aromatic rings. The average Bonchev–Trinajstić information content (AvgIpc) is 2.93. The van der Waals surface area contributed by atoms with Crippen molar-refractivity contribution in [3.63, 3.8) is 0 Å². The molecule has 1 aliphatic rings. The molecule has 2 amide bonds. The standard InChI is InChI=1S/C30H45FN4O4S/c1-23(2)20-35(40(38,39)29-16-14-26(32)15-17-29)28(22-36)13-6-7-18-33-30(37)34(27-11-4-3-5-12-27)21-24-9-8-10-25(31)19-24/h8-10,14-17,19,23,27-28,36H,3-7,11-13,18,20-22,32H2,1-2H3,(H,33,37)/t28-/m0/s1. The van der Waals surface area contributed by atoms with Crippen LogP contribution < -0.4 is 11.1 Å². The van der Waals surface area contributed by atoms with E-state index in [1.807, 2.05) is 24.8 Å². The van der Waals surface area contributed by atoms with Gasteiger partial charge in [-0.1, -0.05) is 51.7 Å². The van der Waals surface area contributed by atoms with Crippen LogP contribution in [0.15, 0.2) is 53.4 Å². The average molecular weight is 577 g/mol. The van der Waals surface area contributed by atoms with E-state index in [0.29, 0.717) is 38.0 Å². The van der Waals surface area contributed by atoms with Gasteiger partial charge in [0.25, 0.3) is 0 Å². The number of halogens is 1. The van der Waals surface area contributed by atoms with Crippen LogP contribution in [0, 0.1) is 11.7 Å². The fourth-order valence-electron chi connectivity index (χ4n) is 5.30. The lowest BCUT2D eigenvalue weighted by atomic mass is 9.94. The Bertz CT molecular complexity index is 1170. The van der Waals surface area contributed by atoms with Crippen molar-refractivity contribution in [1.29, 1.82) is 0 Å². The summed E-state index contributed by atoms with van der Waals surface area (Å²) >= 11 is 0. The molecule has 10 heteroatoms. The number of benzene rings is 2. The molecule has 222 valence electrons. The summed E-state index contributed by atoms with van der Waals surface area (Å²) in [5, 5.41) is 13.2. The van der Waals surface area contributed by atoms with Gasteiger partial charge in [0.2, 0.25) is 10.0 Å². The fraction of sp³-hybridized carbons (Fsp3) is 0.567. The van der Waals surface area contributed by atoms with Crippen molar-refractivity contribution in [3.05, 3.63) is 59.9 Å². The van der Waals surface area contributed by atoms with Gasteiger partial charge in [-0.25, -0.2) is 17.6 Å². The lowest BCUT2D eigenvalue weighted by Gasteiger charge is -2.34. The number of nitrogens with two attached hydrogens (primary N) is 1. The zero-order valence-corrected chi connectivity index (χ0v) is 24.6. The van der Waals surface area contributed by atoms with Crippen molar-refractivity contribution in [2.75, 3.05) is 25.4 Å². The van der Waals surface area contributed by atoms with E-state index in [9.17, 15) is 22.7 Å². The van der Waals surface area contributed by atoms with Gasteiger partial charge >= 0.3 is 6.03 Å². The van der Waals surface area contributed by atoms with Gasteiger partial charge in [0.05, 0.1) is 11.5 Å². The van der Waals surface area contributed by atoms with Gasteiger partial charge in [-0.2, -0.15) is 4.31 Å². The summed E-state index contributed by atoms with van der Waals surface area (Å²) in [6.45, 7) is 4.66. The Balaban J connectivity index is 1.58. The molecular formula is C30H45FN4O4S. The predicted octanol–water partition coefficient (Wildman–Crippen LogP) is 5.13. The van der Waals surface area contributed by atoms with Crippen LogP contribution in [-0.2, 0) is 16.6 Å². The number of urea groups is 1. The smallest absolute Gasteiger partial charge is 0.317 e. The Morgan fingerprint density at radius 2 is 1.80 bits per heavy atom. The van der Waals surface area contributed by atoms with Gasteiger partial charge in [0.15, 0.2) is 0 Å². The molecule has 8 nitrogen and oxygen atoms in total. The second-order valence-electron chi connectivity index (χ2n) is 11.2. The maximum Gasteiger partial charge on any atom is 0.317 e. The number of anilines is 1. The molecule has 0 aromatic heterocycles. The molecule has 1 aliphatic carbocycles. The number of aliphatic hydroxyl groups excluding tert-OH is 1. The van der Waals surface area contributed by atoms with E-state index in [1.54, 1.807) is 18.2 Å². The van der Waals surface area contributed by atoms with Crippen molar-refractivity contribution in [3.8, 4) is 0 Å². The van der Waals surface area contributed by atoms with Crippen molar-refractivity contribution < 1.29 is 22.7 Å². The Morgan fingerprint density at radius 1 is 1.10 bits per heavy atom. The first-order valence-corrected chi connectivity index (χ1v) is 15.8. The number of hydrogen-bond acceptors (Lipinski definition) is 5. The van der Waals surface area contributed by atoms with E-state index in [-0.39, 0.29) is 41.9 Å². The third-order valence-corrected chi connectivity index (χ3v) is 9.34. The van der Waals surface area contributed by atoms with Crippen LogP contribution in [0.5, 0.6) is 0 Å².